The number of carboxylic acids is 1. The van der Waals surface area contributed by atoms with Gasteiger partial charge in [0.2, 0.25) is 0 Å². The highest BCUT2D eigenvalue weighted by Crippen LogP contribution is 2.28. The second-order valence-corrected chi connectivity index (χ2v) is 4.07. The van der Waals surface area contributed by atoms with Crippen LogP contribution in [0.3, 0.4) is 0 Å². The Labute approximate surface area is 107 Å². The summed E-state index contributed by atoms with van der Waals surface area (Å²) in [6.07, 6.45) is 0.472. The summed E-state index contributed by atoms with van der Waals surface area (Å²) >= 11 is 5.76. The van der Waals surface area contributed by atoms with E-state index in [0.29, 0.717) is 17.5 Å². The maximum atomic E-state index is 13.6. The molecule has 94 valence electrons. The molecule has 0 bridgehead atoms. The van der Waals surface area contributed by atoms with Crippen LogP contribution in [0, 0.1) is 5.82 Å². The number of hydrogen-bond acceptors (Lipinski definition) is 3. The number of aromatic nitrogens is 1. The van der Waals surface area contributed by atoms with Crippen LogP contribution >= 0.6 is 11.6 Å². The van der Waals surface area contributed by atoms with Crippen molar-refractivity contribution in [1.29, 1.82) is 0 Å². The average Bonchev–Trinajstić information content (AvgIpc) is 2.82. The van der Waals surface area contributed by atoms with Crippen molar-refractivity contribution in [3.05, 3.63) is 40.3 Å². The zero-order valence-electron chi connectivity index (χ0n) is 9.41. The first-order valence-corrected chi connectivity index (χ1v) is 5.59. The van der Waals surface area contributed by atoms with Gasteiger partial charge in [0.15, 0.2) is 11.5 Å². The third-order valence-corrected chi connectivity index (χ3v) is 2.77. The largest absolute Gasteiger partial charge is 0.476 e. The van der Waals surface area contributed by atoms with Crippen LogP contribution in [0.2, 0.25) is 5.02 Å². The Morgan fingerprint density at radius 2 is 2.22 bits per heavy atom. The average molecular weight is 270 g/mol. The fourth-order valence-corrected chi connectivity index (χ4v) is 1.80. The summed E-state index contributed by atoms with van der Waals surface area (Å²) in [5.74, 6) is -1.42. The normalized spacial score (nSPS) is 10.6. The molecule has 1 heterocycles. The number of carboxylic acid groups (broad SMARTS) is 1. The van der Waals surface area contributed by atoms with Gasteiger partial charge in [-0.05, 0) is 24.1 Å². The van der Waals surface area contributed by atoms with E-state index in [2.05, 4.69) is 5.16 Å². The lowest BCUT2D eigenvalue weighted by molar-refractivity contribution is 0.0686. The van der Waals surface area contributed by atoms with Gasteiger partial charge in [-0.3, -0.25) is 0 Å². The number of benzene rings is 1. The smallest absolute Gasteiger partial charge is 0.358 e. The minimum absolute atomic E-state index is 0.0300. The second kappa shape index (κ2) is 4.78. The van der Waals surface area contributed by atoms with E-state index in [4.69, 9.17) is 21.2 Å². The first-order valence-electron chi connectivity index (χ1n) is 5.21. The molecular weight excluding hydrogens is 261 g/mol. The minimum atomic E-state index is -1.19. The first-order chi connectivity index (χ1) is 8.52. The number of aromatic carboxylic acids is 1. The van der Waals surface area contributed by atoms with Crippen molar-refractivity contribution >= 4 is 17.6 Å². The number of aryl methyl sites for hydroxylation is 1. The summed E-state index contributed by atoms with van der Waals surface area (Å²) in [6.45, 7) is 1.79. The predicted molar refractivity (Wildman–Crippen MR) is 63.2 cm³/mol. The van der Waals surface area contributed by atoms with Crippen LogP contribution in [-0.2, 0) is 6.42 Å². The van der Waals surface area contributed by atoms with E-state index < -0.39 is 11.8 Å². The van der Waals surface area contributed by atoms with Gasteiger partial charge in [0.05, 0.1) is 5.02 Å². The van der Waals surface area contributed by atoms with E-state index in [0.717, 1.165) is 0 Å². The zero-order chi connectivity index (χ0) is 13.3. The minimum Gasteiger partial charge on any atom is -0.476 e. The van der Waals surface area contributed by atoms with Gasteiger partial charge in [0.1, 0.15) is 5.82 Å². The number of nitrogens with zero attached hydrogens (tertiary/aromatic N) is 1. The van der Waals surface area contributed by atoms with Crippen LogP contribution in [0.1, 0.15) is 23.0 Å². The second-order valence-electron chi connectivity index (χ2n) is 3.67. The van der Waals surface area contributed by atoms with Gasteiger partial charge in [-0.2, -0.15) is 0 Å². The van der Waals surface area contributed by atoms with Crippen LogP contribution in [-0.4, -0.2) is 16.2 Å². The molecule has 0 fully saturated rings. The predicted octanol–water partition coefficient (Wildman–Crippen LogP) is 3.39. The molecule has 18 heavy (non-hydrogen) atoms. The Kier molecular flexibility index (Phi) is 3.34. The van der Waals surface area contributed by atoms with Crippen LogP contribution in [0.5, 0.6) is 0 Å². The third-order valence-electron chi connectivity index (χ3n) is 2.50. The SMILES string of the molecule is CCc1cc(-c2cc(C(=O)O)no2)cc(Cl)c1F. The molecule has 1 aromatic heterocycles. The Morgan fingerprint density at radius 1 is 1.50 bits per heavy atom. The molecule has 0 aliphatic carbocycles. The summed E-state index contributed by atoms with van der Waals surface area (Å²) in [7, 11) is 0. The van der Waals surface area contributed by atoms with Crippen molar-refractivity contribution in [1.82, 2.24) is 5.16 Å². The van der Waals surface area contributed by atoms with Crippen LogP contribution in [0.4, 0.5) is 4.39 Å². The molecule has 0 amide bonds. The molecule has 0 spiro atoms. The van der Waals surface area contributed by atoms with Gasteiger partial charge < -0.3 is 9.63 Å². The Hall–Kier alpha value is -1.88. The van der Waals surface area contributed by atoms with Crippen molar-refractivity contribution in [3.63, 3.8) is 0 Å². The molecule has 2 rings (SSSR count). The highest BCUT2D eigenvalue weighted by molar-refractivity contribution is 6.31. The molecule has 0 radical (unpaired) electrons. The van der Waals surface area contributed by atoms with Gasteiger partial charge in [-0.25, -0.2) is 9.18 Å². The van der Waals surface area contributed by atoms with Crippen molar-refractivity contribution in [2.45, 2.75) is 13.3 Å². The molecule has 6 heteroatoms. The number of halogens is 2. The summed E-state index contributed by atoms with van der Waals surface area (Å²) < 4.78 is 18.5. The van der Waals surface area contributed by atoms with Gasteiger partial charge in [0.25, 0.3) is 0 Å². The van der Waals surface area contributed by atoms with Crippen LogP contribution < -0.4 is 0 Å². The highest BCUT2D eigenvalue weighted by atomic mass is 35.5. The quantitative estimate of drug-likeness (QED) is 0.927. The lowest BCUT2D eigenvalue weighted by Gasteiger charge is -2.04. The summed E-state index contributed by atoms with van der Waals surface area (Å²) in [6, 6.07) is 4.21. The number of hydrogen-bond donors (Lipinski definition) is 1. The molecule has 0 saturated heterocycles. The summed E-state index contributed by atoms with van der Waals surface area (Å²) in [4.78, 5) is 10.7. The van der Waals surface area contributed by atoms with Crippen LogP contribution in [0.25, 0.3) is 11.3 Å². The fourth-order valence-electron chi connectivity index (χ4n) is 1.56. The standard InChI is InChI=1S/C12H9ClFNO3/c1-2-6-3-7(4-8(13)11(6)14)10-5-9(12(16)17)15-18-10/h3-5H,2H2,1H3,(H,16,17). The van der Waals surface area contributed by atoms with E-state index in [-0.39, 0.29) is 16.5 Å². The first kappa shape index (κ1) is 12.6. The van der Waals surface area contributed by atoms with Crippen molar-refractivity contribution < 1.29 is 18.8 Å². The molecule has 0 atom stereocenters. The lowest BCUT2D eigenvalue weighted by atomic mass is 10.1. The molecule has 0 unspecified atom stereocenters. The van der Waals surface area contributed by atoms with Crippen molar-refractivity contribution in [2.75, 3.05) is 0 Å². The zero-order valence-corrected chi connectivity index (χ0v) is 10.2. The summed E-state index contributed by atoms with van der Waals surface area (Å²) in [5, 5.41) is 12.1. The third kappa shape index (κ3) is 2.22. The van der Waals surface area contributed by atoms with Gasteiger partial charge >= 0.3 is 5.97 Å². The molecule has 0 saturated carbocycles. The maximum absolute atomic E-state index is 13.6. The van der Waals surface area contributed by atoms with Crippen molar-refractivity contribution in [3.8, 4) is 11.3 Å². The molecule has 2 aromatic rings. The van der Waals surface area contributed by atoms with Gasteiger partial charge in [0, 0.05) is 11.6 Å². The number of rotatable bonds is 3. The topological polar surface area (TPSA) is 63.3 Å². The molecule has 1 aromatic carbocycles. The van der Waals surface area contributed by atoms with E-state index >= 15 is 0 Å². The monoisotopic (exact) mass is 269 g/mol. The van der Waals surface area contributed by atoms with Gasteiger partial charge in [-0.1, -0.05) is 23.7 Å². The fraction of sp³-hybridized carbons (Fsp3) is 0.167. The van der Waals surface area contributed by atoms with E-state index in [1.165, 1.54) is 12.1 Å². The maximum Gasteiger partial charge on any atom is 0.358 e. The Balaban J connectivity index is 2.50. The molecule has 1 N–H and O–H groups in total. The molecule has 0 aliphatic heterocycles. The lowest BCUT2D eigenvalue weighted by Crippen LogP contribution is -1.94. The highest BCUT2D eigenvalue weighted by Gasteiger charge is 2.15. The van der Waals surface area contributed by atoms with Gasteiger partial charge in [-0.15, -0.1) is 0 Å². The van der Waals surface area contributed by atoms with E-state index in [1.54, 1.807) is 13.0 Å². The Morgan fingerprint density at radius 3 is 2.78 bits per heavy atom. The van der Waals surface area contributed by atoms with E-state index in [1.807, 2.05) is 0 Å². The molecular formula is C12H9ClFNO3. The Bertz CT molecular complexity index is 609. The van der Waals surface area contributed by atoms with Crippen molar-refractivity contribution in [2.24, 2.45) is 0 Å². The number of carbonyl (C=O) groups is 1. The molecule has 0 aliphatic rings. The van der Waals surface area contributed by atoms with Crippen LogP contribution in [0.15, 0.2) is 22.7 Å². The summed E-state index contributed by atoms with van der Waals surface area (Å²) in [5.41, 5.74) is 0.729. The van der Waals surface area contributed by atoms with E-state index in [9.17, 15) is 9.18 Å². The molecule has 4 nitrogen and oxygen atoms in total.